The lowest BCUT2D eigenvalue weighted by atomic mass is 10.0. The van der Waals surface area contributed by atoms with Crippen molar-refractivity contribution < 1.29 is 9.47 Å². The summed E-state index contributed by atoms with van der Waals surface area (Å²) < 4.78 is 10.6. The number of aromatic nitrogens is 1. The summed E-state index contributed by atoms with van der Waals surface area (Å²) in [6.45, 7) is 1.97. The average molecular weight is 274 g/mol. The largest absolute Gasteiger partial charge is 0.491 e. The number of ether oxygens (including phenoxy) is 2. The number of methoxy groups -OCH3 is 1. The van der Waals surface area contributed by atoms with Gasteiger partial charge in [0.25, 0.3) is 5.56 Å². The molecule has 3 rings (SSSR count). The minimum atomic E-state index is 0.00718. The normalized spacial score (nSPS) is 13.8. The van der Waals surface area contributed by atoms with E-state index < -0.39 is 0 Å². The maximum absolute atomic E-state index is 12.0. The van der Waals surface area contributed by atoms with E-state index in [1.54, 1.807) is 7.11 Å². The molecular formula is C15H18N2O3. The average Bonchev–Trinajstić information content (AvgIpc) is 2.48. The number of hydrogen-bond donors (Lipinski definition) is 2. The first-order chi connectivity index (χ1) is 9.79. The topological polar surface area (TPSA) is 63.4 Å². The van der Waals surface area contributed by atoms with Gasteiger partial charge in [0.15, 0.2) is 0 Å². The van der Waals surface area contributed by atoms with E-state index in [0.717, 1.165) is 47.3 Å². The molecule has 1 aromatic heterocycles. The van der Waals surface area contributed by atoms with Crippen molar-refractivity contribution in [3.05, 3.63) is 34.1 Å². The Labute approximate surface area is 116 Å². The first-order valence-electron chi connectivity index (χ1n) is 6.84. The molecule has 0 aliphatic carbocycles. The zero-order chi connectivity index (χ0) is 13.9. The molecule has 0 unspecified atom stereocenters. The Morgan fingerprint density at radius 1 is 1.30 bits per heavy atom. The third-order valence-corrected chi connectivity index (χ3v) is 3.55. The molecule has 0 saturated carbocycles. The zero-order valence-electron chi connectivity index (χ0n) is 11.5. The van der Waals surface area contributed by atoms with Crippen LogP contribution >= 0.6 is 0 Å². The second-order valence-electron chi connectivity index (χ2n) is 4.89. The molecule has 0 spiro atoms. The molecule has 0 bridgehead atoms. The van der Waals surface area contributed by atoms with Crippen molar-refractivity contribution >= 4 is 16.6 Å². The van der Waals surface area contributed by atoms with E-state index in [-0.39, 0.29) is 5.56 Å². The van der Waals surface area contributed by atoms with E-state index in [9.17, 15) is 4.79 Å². The number of nitrogens with one attached hydrogen (secondary N) is 2. The van der Waals surface area contributed by atoms with Crippen LogP contribution < -0.4 is 15.6 Å². The standard InChI is InChI=1S/C15H18N2O3/c1-19-7-8-20-10-4-5-13-12(9-10)14-11(15(18)17-13)3-2-6-16-14/h4-5,9,16H,2-3,6-8H2,1H3,(H,17,18). The quantitative estimate of drug-likeness (QED) is 0.836. The van der Waals surface area contributed by atoms with Crippen LogP contribution in [0.5, 0.6) is 5.75 Å². The summed E-state index contributed by atoms with van der Waals surface area (Å²) in [5.74, 6) is 0.788. The Balaban J connectivity index is 2.03. The van der Waals surface area contributed by atoms with Gasteiger partial charge in [0, 0.05) is 24.6 Å². The molecular weight excluding hydrogens is 256 g/mol. The molecule has 1 aliphatic rings. The Bertz CT molecular complexity index is 679. The molecule has 5 nitrogen and oxygen atoms in total. The number of aromatic amines is 1. The van der Waals surface area contributed by atoms with Crippen LogP contribution in [0.3, 0.4) is 0 Å². The van der Waals surface area contributed by atoms with Crippen LogP contribution in [0.2, 0.25) is 0 Å². The van der Waals surface area contributed by atoms with Crippen molar-refractivity contribution in [1.82, 2.24) is 4.98 Å². The number of anilines is 1. The first-order valence-corrected chi connectivity index (χ1v) is 6.84. The van der Waals surface area contributed by atoms with E-state index >= 15 is 0 Å². The second kappa shape index (κ2) is 5.54. The van der Waals surface area contributed by atoms with Crippen molar-refractivity contribution in [2.75, 3.05) is 32.2 Å². The summed E-state index contributed by atoms with van der Waals surface area (Å²) in [4.78, 5) is 15.0. The second-order valence-corrected chi connectivity index (χ2v) is 4.89. The molecule has 2 heterocycles. The number of hydrogen-bond acceptors (Lipinski definition) is 4. The van der Waals surface area contributed by atoms with Crippen molar-refractivity contribution in [2.45, 2.75) is 12.8 Å². The Hall–Kier alpha value is -2.01. The van der Waals surface area contributed by atoms with Gasteiger partial charge >= 0.3 is 0 Å². The lowest BCUT2D eigenvalue weighted by molar-refractivity contribution is 0.146. The summed E-state index contributed by atoms with van der Waals surface area (Å²) in [5.41, 5.74) is 2.64. The van der Waals surface area contributed by atoms with Gasteiger partial charge in [0.1, 0.15) is 12.4 Å². The zero-order valence-corrected chi connectivity index (χ0v) is 11.5. The number of pyridine rings is 1. The molecule has 0 radical (unpaired) electrons. The van der Waals surface area contributed by atoms with Gasteiger partial charge < -0.3 is 19.8 Å². The van der Waals surface area contributed by atoms with Crippen LogP contribution in [-0.4, -0.2) is 31.9 Å². The van der Waals surface area contributed by atoms with E-state index in [1.807, 2.05) is 18.2 Å². The molecule has 2 N–H and O–H groups in total. The van der Waals surface area contributed by atoms with Crippen molar-refractivity contribution in [3.8, 4) is 5.75 Å². The highest BCUT2D eigenvalue weighted by Gasteiger charge is 2.16. The summed E-state index contributed by atoms with van der Waals surface area (Å²) in [5, 5.41) is 4.35. The van der Waals surface area contributed by atoms with Gasteiger partial charge in [-0.25, -0.2) is 0 Å². The summed E-state index contributed by atoms with van der Waals surface area (Å²) in [6.07, 6.45) is 1.81. The number of rotatable bonds is 4. The smallest absolute Gasteiger partial charge is 0.253 e. The van der Waals surface area contributed by atoms with Crippen LogP contribution in [0.4, 0.5) is 5.69 Å². The molecule has 0 atom stereocenters. The van der Waals surface area contributed by atoms with Crippen LogP contribution in [0.1, 0.15) is 12.0 Å². The third-order valence-electron chi connectivity index (χ3n) is 3.55. The van der Waals surface area contributed by atoms with Crippen LogP contribution in [0.15, 0.2) is 23.0 Å². The lowest BCUT2D eigenvalue weighted by Gasteiger charge is -2.19. The Morgan fingerprint density at radius 2 is 2.20 bits per heavy atom. The van der Waals surface area contributed by atoms with E-state index in [2.05, 4.69) is 10.3 Å². The SMILES string of the molecule is COCCOc1ccc2[nH]c(=O)c3c(c2c1)NCCC3. The van der Waals surface area contributed by atoms with Crippen LogP contribution in [0.25, 0.3) is 10.9 Å². The van der Waals surface area contributed by atoms with E-state index in [4.69, 9.17) is 9.47 Å². The van der Waals surface area contributed by atoms with Crippen LogP contribution in [0, 0.1) is 0 Å². The number of H-pyrrole nitrogens is 1. The molecule has 5 heteroatoms. The highest BCUT2D eigenvalue weighted by atomic mass is 16.5. The Morgan fingerprint density at radius 3 is 3.05 bits per heavy atom. The van der Waals surface area contributed by atoms with Gasteiger partial charge in [-0.2, -0.15) is 0 Å². The minimum Gasteiger partial charge on any atom is -0.491 e. The number of fused-ring (bicyclic) bond motifs is 3. The molecule has 20 heavy (non-hydrogen) atoms. The minimum absolute atomic E-state index is 0.00718. The van der Waals surface area contributed by atoms with Crippen molar-refractivity contribution in [2.24, 2.45) is 0 Å². The molecule has 1 aliphatic heterocycles. The van der Waals surface area contributed by atoms with Gasteiger partial charge in [-0.1, -0.05) is 0 Å². The van der Waals surface area contributed by atoms with Gasteiger partial charge in [0.05, 0.1) is 17.8 Å². The van der Waals surface area contributed by atoms with Gasteiger partial charge in [-0.15, -0.1) is 0 Å². The molecule has 0 amide bonds. The van der Waals surface area contributed by atoms with E-state index in [0.29, 0.717) is 13.2 Å². The predicted octanol–water partition coefficient (Wildman–Crippen LogP) is 1.91. The molecule has 106 valence electrons. The fourth-order valence-corrected chi connectivity index (χ4v) is 2.56. The summed E-state index contributed by atoms with van der Waals surface area (Å²) in [6, 6.07) is 5.72. The molecule has 0 fully saturated rings. The van der Waals surface area contributed by atoms with Gasteiger partial charge in [0.2, 0.25) is 0 Å². The highest BCUT2D eigenvalue weighted by Crippen LogP contribution is 2.30. The molecule has 2 aromatic rings. The highest BCUT2D eigenvalue weighted by molar-refractivity contribution is 5.94. The first kappa shape index (κ1) is 13.0. The van der Waals surface area contributed by atoms with Crippen molar-refractivity contribution in [3.63, 3.8) is 0 Å². The molecule has 1 aromatic carbocycles. The Kier molecular flexibility index (Phi) is 3.60. The summed E-state index contributed by atoms with van der Waals surface area (Å²) in [7, 11) is 1.65. The van der Waals surface area contributed by atoms with Gasteiger partial charge in [-0.3, -0.25) is 4.79 Å². The number of benzene rings is 1. The van der Waals surface area contributed by atoms with Crippen molar-refractivity contribution in [1.29, 1.82) is 0 Å². The fraction of sp³-hybridized carbons (Fsp3) is 0.400. The molecule has 0 saturated heterocycles. The maximum atomic E-state index is 12.0. The predicted molar refractivity (Wildman–Crippen MR) is 78.8 cm³/mol. The van der Waals surface area contributed by atoms with Crippen LogP contribution in [-0.2, 0) is 11.2 Å². The monoisotopic (exact) mass is 274 g/mol. The van der Waals surface area contributed by atoms with Gasteiger partial charge in [-0.05, 0) is 31.0 Å². The lowest BCUT2D eigenvalue weighted by Crippen LogP contribution is -2.22. The maximum Gasteiger partial charge on any atom is 0.253 e. The van der Waals surface area contributed by atoms with E-state index in [1.165, 1.54) is 0 Å². The fourth-order valence-electron chi connectivity index (χ4n) is 2.56. The summed E-state index contributed by atoms with van der Waals surface area (Å²) >= 11 is 0. The third kappa shape index (κ3) is 2.36.